The molecular formula is C25H41FN2O2. The van der Waals surface area contributed by atoms with Crippen molar-refractivity contribution < 1.29 is 14.3 Å². The predicted octanol–water partition coefficient (Wildman–Crippen LogP) is 5.81. The number of rotatable bonds is 12. The normalized spacial score (nSPS) is 20.7. The van der Waals surface area contributed by atoms with Crippen molar-refractivity contribution >= 4 is 11.7 Å². The van der Waals surface area contributed by atoms with Gasteiger partial charge in [-0.05, 0) is 69.3 Å². The van der Waals surface area contributed by atoms with Crippen molar-refractivity contribution in [2.45, 2.75) is 78.7 Å². The fourth-order valence-corrected chi connectivity index (χ4v) is 5.05. The highest BCUT2D eigenvalue weighted by Gasteiger charge is 2.38. The lowest BCUT2D eigenvalue weighted by Gasteiger charge is -2.42. The number of anilines is 1. The zero-order valence-corrected chi connectivity index (χ0v) is 19.4. The summed E-state index contributed by atoms with van der Waals surface area (Å²) in [5.74, 6) is -0.403. The molecule has 0 spiro atoms. The van der Waals surface area contributed by atoms with Crippen molar-refractivity contribution in [3.05, 3.63) is 30.1 Å². The molecule has 1 fully saturated rings. The molecule has 1 unspecified atom stereocenters. The first-order chi connectivity index (χ1) is 14.3. The summed E-state index contributed by atoms with van der Waals surface area (Å²) in [7, 11) is 0. The van der Waals surface area contributed by atoms with Crippen molar-refractivity contribution in [3.63, 3.8) is 0 Å². The number of hydrogen-bond donors (Lipinski definition) is 1. The highest BCUT2D eigenvalue weighted by molar-refractivity contribution is 5.74. The van der Waals surface area contributed by atoms with Crippen LogP contribution in [0.25, 0.3) is 0 Å². The second-order valence-electron chi connectivity index (χ2n) is 9.36. The molecule has 30 heavy (non-hydrogen) atoms. The van der Waals surface area contributed by atoms with Gasteiger partial charge in [-0.3, -0.25) is 9.69 Å². The molecule has 4 nitrogen and oxygen atoms in total. The van der Waals surface area contributed by atoms with Crippen molar-refractivity contribution in [3.8, 4) is 0 Å². The molecule has 170 valence electrons. The van der Waals surface area contributed by atoms with E-state index in [0.717, 1.165) is 76.8 Å². The maximum atomic E-state index is 13.2. The lowest BCUT2D eigenvalue weighted by molar-refractivity contribution is -0.151. The molecule has 1 aromatic carbocycles. The van der Waals surface area contributed by atoms with Crippen LogP contribution >= 0.6 is 0 Å². The van der Waals surface area contributed by atoms with Gasteiger partial charge in [0.1, 0.15) is 5.82 Å². The van der Waals surface area contributed by atoms with E-state index >= 15 is 0 Å². The Labute approximate surface area is 182 Å². The summed E-state index contributed by atoms with van der Waals surface area (Å²) in [6.45, 7) is 12.6. The number of nitrogens with zero attached hydrogens (tertiary/aromatic N) is 2. The molecule has 0 radical (unpaired) electrons. The first kappa shape index (κ1) is 24.6. The first-order valence-corrected chi connectivity index (χ1v) is 11.8. The van der Waals surface area contributed by atoms with Crippen molar-refractivity contribution in [2.24, 2.45) is 11.3 Å². The molecule has 2 rings (SSSR count). The summed E-state index contributed by atoms with van der Waals surface area (Å²) in [6.07, 6.45) is 6.34. The molecule has 0 aliphatic carbocycles. The van der Waals surface area contributed by atoms with Crippen molar-refractivity contribution in [2.75, 3.05) is 31.1 Å². The Balaban J connectivity index is 1.87. The Morgan fingerprint density at radius 3 is 2.47 bits per heavy atom. The van der Waals surface area contributed by atoms with Crippen LogP contribution in [0.4, 0.5) is 10.1 Å². The van der Waals surface area contributed by atoms with Crippen LogP contribution in [0.5, 0.6) is 0 Å². The number of piperazine rings is 1. The second-order valence-corrected chi connectivity index (χ2v) is 9.36. The van der Waals surface area contributed by atoms with E-state index in [1.165, 1.54) is 12.1 Å². The Morgan fingerprint density at radius 2 is 1.90 bits per heavy atom. The summed E-state index contributed by atoms with van der Waals surface area (Å²) in [4.78, 5) is 17.0. The molecule has 1 aromatic rings. The number of carbonyl (C=O) groups is 1. The van der Waals surface area contributed by atoms with Gasteiger partial charge in [0, 0.05) is 31.4 Å². The van der Waals surface area contributed by atoms with E-state index in [1.54, 1.807) is 0 Å². The number of halogens is 1. The maximum absolute atomic E-state index is 13.2. The highest BCUT2D eigenvalue weighted by atomic mass is 19.1. The summed E-state index contributed by atoms with van der Waals surface area (Å²) in [5, 5.41) is 10.00. The Morgan fingerprint density at radius 1 is 1.20 bits per heavy atom. The van der Waals surface area contributed by atoms with Gasteiger partial charge in [0.25, 0.3) is 0 Å². The molecule has 1 heterocycles. The fraction of sp³-hybridized carbons (Fsp3) is 0.720. The van der Waals surface area contributed by atoms with E-state index in [2.05, 4.69) is 37.5 Å². The number of carboxylic acid groups (broad SMARTS) is 1. The van der Waals surface area contributed by atoms with Crippen LogP contribution in [0, 0.1) is 17.2 Å². The van der Waals surface area contributed by atoms with Gasteiger partial charge in [-0.1, -0.05) is 40.0 Å². The van der Waals surface area contributed by atoms with Gasteiger partial charge in [-0.2, -0.15) is 0 Å². The van der Waals surface area contributed by atoms with Gasteiger partial charge in [0.05, 0.1) is 5.41 Å². The van der Waals surface area contributed by atoms with E-state index in [9.17, 15) is 14.3 Å². The van der Waals surface area contributed by atoms with E-state index in [-0.39, 0.29) is 5.82 Å². The van der Waals surface area contributed by atoms with Crippen LogP contribution in [0.3, 0.4) is 0 Å². The van der Waals surface area contributed by atoms with Crippen molar-refractivity contribution in [1.29, 1.82) is 0 Å². The molecule has 0 saturated carbocycles. The first-order valence-electron chi connectivity index (χ1n) is 11.8. The summed E-state index contributed by atoms with van der Waals surface area (Å²) >= 11 is 0. The maximum Gasteiger partial charge on any atom is 0.309 e. The number of aliphatic carboxylic acids is 1. The van der Waals surface area contributed by atoms with Gasteiger partial charge in [0.15, 0.2) is 0 Å². The van der Waals surface area contributed by atoms with Crippen LogP contribution in [-0.2, 0) is 4.79 Å². The molecular weight excluding hydrogens is 379 g/mol. The number of hydrogen-bond acceptors (Lipinski definition) is 3. The molecule has 1 aliphatic heterocycles. The van der Waals surface area contributed by atoms with E-state index in [4.69, 9.17) is 0 Å². The molecule has 3 atom stereocenters. The number of benzene rings is 1. The minimum absolute atomic E-state index is 0.196. The molecule has 5 heteroatoms. The van der Waals surface area contributed by atoms with Gasteiger partial charge < -0.3 is 10.0 Å². The van der Waals surface area contributed by atoms with Gasteiger partial charge >= 0.3 is 5.97 Å². The third kappa shape index (κ3) is 6.69. The standard InChI is InChI=1S/C25H41FN2O2/c1-5-7-14-25(13-6-2,24(29)30)18-20(3)12-15-27-16-17-28(21(4)19-27)23-10-8-22(26)9-11-23/h8-11,20-21H,5-7,12-19H2,1-4H3,(H,29,30)/t20-,21-,25?/m0/s1. The van der Waals surface area contributed by atoms with Crippen LogP contribution in [0.2, 0.25) is 0 Å². The average Bonchev–Trinajstić information content (AvgIpc) is 2.71. The van der Waals surface area contributed by atoms with Crippen LogP contribution in [0.1, 0.15) is 72.6 Å². The van der Waals surface area contributed by atoms with Crippen LogP contribution < -0.4 is 4.90 Å². The summed E-state index contributed by atoms with van der Waals surface area (Å²) in [5.41, 5.74) is 0.525. The molecule has 1 N–H and O–H groups in total. The third-order valence-corrected chi connectivity index (χ3v) is 6.74. The molecule has 1 saturated heterocycles. The monoisotopic (exact) mass is 420 g/mol. The molecule has 0 amide bonds. The smallest absolute Gasteiger partial charge is 0.309 e. The number of unbranched alkanes of at least 4 members (excludes halogenated alkanes) is 1. The minimum Gasteiger partial charge on any atom is -0.481 e. The SMILES string of the molecule is CCCCC(CCC)(C[C@@H](C)CCN1CCN(c2ccc(F)cc2)[C@@H](C)C1)C(=O)O. The van der Waals surface area contributed by atoms with Gasteiger partial charge in [0.2, 0.25) is 0 Å². The minimum atomic E-state index is -0.605. The zero-order valence-electron chi connectivity index (χ0n) is 19.4. The van der Waals surface area contributed by atoms with E-state index in [1.807, 2.05) is 12.1 Å². The Kier molecular flexibility index (Phi) is 9.60. The van der Waals surface area contributed by atoms with E-state index < -0.39 is 11.4 Å². The predicted molar refractivity (Wildman–Crippen MR) is 123 cm³/mol. The number of carboxylic acids is 1. The summed E-state index contributed by atoms with van der Waals surface area (Å²) in [6, 6.07) is 7.15. The zero-order chi connectivity index (χ0) is 22.1. The molecule has 0 aromatic heterocycles. The molecule has 1 aliphatic rings. The fourth-order valence-electron chi connectivity index (χ4n) is 5.05. The summed E-state index contributed by atoms with van der Waals surface area (Å²) < 4.78 is 13.2. The Hall–Kier alpha value is -1.62. The van der Waals surface area contributed by atoms with Crippen molar-refractivity contribution in [1.82, 2.24) is 4.90 Å². The van der Waals surface area contributed by atoms with Crippen LogP contribution in [-0.4, -0.2) is 48.2 Å². The second kappa shape index (κ2) is 11.7. The largest absolute Gasteiger partial charge is 0.481 e. The molecule has 0 bridgehead atoms. The highest BCUT2D eigenvalue weighted by Crippen LogP contribution is 2.38. The third-order valence-electron chi connectivity index (χ3n) is 6.74. The lowest BCUT2D eigenvalue weighted by Crippen LogP contribution is -2.52. The topological polar surface area (TPSA) is 43.8 Å². The Bertz CT molecular complexity index is 651. The van der Waals surface area contributed by atoms with E-state index in [0.29, 0.717) is 12.0 Å². The average molecular weight is 421 g/mol. The van der Waals surface area contributed by atoms with Gasteiger partial charge in [-0.15, -0.1) is 0 Å². The lowest BCUT2D eigenvalue weighted by atomic mass is 9.72. The quantitative estimate of drug-likeness (QED) is 0.463. The van der Waals surface area contributed by atoms with Gasteiger partial charge in [-0.25, -0.2) is 4.39 Å². The van der Waals surface area contributed by atoms with Crippen LogP contribution in [0.15, 0.2) is 24.3 Å².